The molecule has 0 atom stereocenters. The molecule has 162 valence electrons. The van der Waals surface area contributed by atoms with Crippen molar-refractivity contribution in [2.45, 2.75) is 25.8 Å². The van der Waals surface area contributed by atoms with Crippen molar-refractivity contribution in [2.75, 3.05) is 13.1 Å². The Morgan fingerprint density at radius 2 is 1.47 bits per heavy atom. The second kappa shape index (κ2) is 9.88. The second-order valence-corrected chi connectivity index (χ2v) is 8.62. The summed E-state index contributed by atoms with van der Waals surface area (Å²) < 4.78 is 8.66. The predicted octanol–water partition coefficient (Wildman–Crippen LogP) is 6.54. The monoisotopic (exact) mass is 422 g/mol. The van der Waals surface area contributed by atoms with Crippen LogP contribution in [0.1, 0.15) is 24.1 Å². The maximum atomic E-state index is 6.12. The van der Waals surface area contributed by atoms with Crippen molar-refractivity contribution in [1.29, 1.82) is 0 Å². The lowest BCUT2D eigenvalue weighted by Crippen LogP contribution is -2.30. The maximum absolute atomic E-state index is 6.12. The molecule has 3 aromatic carbocycles. The Morgan fingerprint density at radius 1 is 0.750 bits per heavy atom. The Balaban J connectivity index is 1.46. The van der Waals surface area contributed by atoms with Crippen LogP contribution in [0.15, 0.2) is 97.1 Å². The molecule has 1 N–H and O–H groups in total. The molecule has 3 nitrogen and oxygen atoms in total. The number of rotatable bonds is 7. The van der Waals surface area contributed by atoms with Gasteiger partial charge >= 0.3 is 0 Å². The van der Waals surface area contributed by atoms with Gasteiger partial charge in [0.05, 0.1) is 0 Å². The first-order chi connectivity index (χ1) is 15.8. The van der Waals surface area contributed by atoms with E-state index < -0.39 is 0 Å². The molecule has 1 aliphatic rings. The van der Waals surface area contributed by atoms with Gasteiger partial charge in [-0.3, -0.25) is 0 Å². The summed E-state index contributed by atoms with van der Waals surface area (Å²) in [6.07, 6.45) is 3.42. The van der Waals surface area contributed by atoms with Gasteiger partial charge in [-0.05, 0) is 73.8 Å². The van der Waals surface area contributed by atoms with Crippen molar-refractivity contribution in [3.8, 4) is 22.8 Å². The van der Waals surface area contributed by atoms with E-state index in [2.05, 4.69) is 70.5 Å². The predicted molar refractivity (Wildman–Crippen MR) is 131 cm³/mol. The summed E-state index contributed by atoms with van der Waals surface area (Å²) in [6.45, 7) is 3.31. The normalized spacial score (nSPS) is 14.4. The van der Waals surface area contributed by atoms with Crippen molar-refractivity contribution in [2.24, 2.45) is 5.92 Å². The van der Waals surface area contributed by atoms with Crippen LogP contribution in [-0.4, -0.2) is 17.7 Å². The van der Waals surface area contributed by atoms with E-state index >= 15 is 0 Å². The molecule has 5 rings (SSSR count). The summed E-state index contributed by atoms with van der Waals surface area (Å²) in [7, 11) is 0. The first-order valence-electron chi connectivity index (χ1n) is 11.6. The van der Waals surface area contributed by atoms with Crippen LogP contribution in [0.3, 0.4) is 0 Å². The van der Waals surface area contributed by atoms with Crippen molar-refractivity contribution in [1.82, 2.24) is 9.88 Å². The molecular formula is C29H30N2O. The SMILES string of the molecule is c1ccc(Cc2ccc(-c3cccc(Oc4ccccc4)c3)n2CC2CCNCC2)cc1. The number of ether oxygens (including phenoxy) is 1. The highest BCUT2D eigenvalue weighted by atomic mass is 16.5. The maximum Gasteiger partial charge on any atom is 0.128 e. The van der Waals surface area contributed by atoms with Crippen LogP contribution in [0.4, 0.5) is 0 Å². The molecule has 0 amide bonds. The molecule has 0 saturated carbocycles. The van der Waals surface area contributed by atoms with Crippen LogP contribution >= 0.6 is 0 Å². The highest BCUT2D eigenvalue weighted by molar-refractivity contribution is 5.63. The molecule has 0 unspecified atom stereocenters. The van der Waals surface area contributed by atoms with Crippen LogP contribution in [0.25, 0.3) is 11.3 Å². The highest BCUT2D eigenvalue weighted by Crippen LogP contribution is 2.31. The number of nitrogens with zero attached hydrogens (tertiary/aromatic N) is 1. The number of para-hydroxylation sites is 1. The van der Waals surface area contributed by atoms with Crippen molar-refractivity contribution in [3.05, 3.63) is 108 Å². The molecule has 4 aromatic rings. The molecule has 0 radical (unpaired) electrons. The van der Waals surface area contributed by atoms with E-state index in [-0.39, 0.29) is 0 Å². The third-order valence-corrected chi connectivity index (χ3v) is 6.31. The van der Waals surface area contributed by atoms with E-state index in [4.69, 9.17) is 4.74 Å². The fraction of sp³-hybridized carbons (Fsp3) is 0.241. The molecule has 32 heavy (non-hydrogen) atoms. The zero-order valence-corrected chi connectivity index (χ0v) is 18.4. The van der Waals surface area contributed by atoms with Gasteiger partial charge in [0.25, 0.3) is 0 Å². The lowest BCUT2D eigenvalue weighted by atomic mass is 9.97. The van der Waals surface area contributed by atoms with E-state index in [1.54, 1.807) is 0 Å². The Morgan fingerprint density at radius 3 is 2.25 bits per heavy atom. The number of hydrogen-bond donors (Lipinski definition) is 1. The summed E-state index contributed by atoms with van der Waals surface area (Å²) in [5, 5.41) is 3.50. The zero-order chi connectivity index (χ0) is 21.6. The van der Waals surface area contributed by atoms with Gasteiger partial charge in [0, 0.05) is 29.9 Å². The summed E-state index contributed by atoms with van der Waals surface area (Å²) >= 11 is 0. The fourth-order valence-electron chi connectivity index (χ4n) is 4.60. The highest BCUT2D eigenvalue weighted by Gasteiger charge is 2.18. The van der Waals surface area contributed by atoms with Gasteiger partial charge in [-0.15, -0.1) is 0 Å². The molecule has 1 aliphatic heterocycles. The molecule has 1 fully saturated rings. The largest absolute Gasteiger partial charge is 0.457 e. The standard InChI is InChI=1S/C29H30N2O/c1-3-8-23(9-4-1)20-26-14-15-29(31(26)22-24-16-18-30-19-17-24)25-10-7-13-28(21-25)32-27-11-5-2-6-12-27/h1-15,21,24,30H,16-20,22H2. The minimum Gasteiger partial charge on any atom is -0.457 e. The summed E-state index contributed by atoms with van der Waals surface area (Å²) in [4.78, 5) is 0. The van der Waals surface area contributed by atoms with E-state index in [1.165, 1.54) is 35.4 Å². The van der Waals surface area contributed by atoms with Gasteiger partial charge in [-0.2, -0.15) is 0 Å². The number of piperidine rings is 1. The van der Waals surface area contributed by atoms with Gasteiger partial charge in [0.2, 0.25) is 0 Å². The Labute approximate surface area is 190 Å². The molecule has 0 aliphatic carbocycles. The Hall–Kier alpha value is -3.30. The van der Waals surface area contributed by atoms with E-state index in [9.17, 15) is 0 Å². The molecule has 0 bridgehead atoms. The molecular weight excluding hydrogens is 392 g/mol. The zero-order valence-electron chi connectivity index (χ0n) is 18.4. The third kappa shape index (κ3) is 4.95. The van der Waals surface area contributed by atoms with Crippen LogP contribution in [0.5, 0.6) is 11.5 Å². The quantitative estimate of drug-likeness (QED) is 0.366. The molecule has 2 heterocycles. The first kappa shape index (κ1) is 20.6. The minimum atomic E-state index is 0.709. The first-order valence-corrected chi connectivity index (χ1v) is 11.6. The van der Waals surface area contributed by atoms with Gasteiger partial charge < -0.3 is 14.6 Å². The number of benzene rings is 3. The average molecular weight is 423 g/mol. The topological polar surface area (TPSA) is 26.2 Å². The van der Waals surface area contributed by atoms with Crippen molar-refractivity contribution >= 4 is 0 Å². The molecule has 3 heteroatoms. The minimum absolute atomic E-state index is 0.709. The lowest BCUT2D eigenvalue weighted by molar-refractivity contribution is 0.332. The summed E-state index contributed by atoms with van der Waals surface area (Å²) in [6, 6.07) is 33.8. The van der Waals surface area contributed by atoms with Gasteiger partial charge in [-0.1, -0.05) is 60.7 Å². The van der Waals surface area contributed by atoms with Crippen LogP contribution in [0, 0.1) is 5.92 Å². The van der Waals surface area contributed by atoms with Gasteiger partial charge in [0.1, 0.15) is 11.5 Å². The smallest absolute Gasteiger partial charge is 0.128 e. The number of aromatic nitrogens is 1. The van der Waals surface area contributed by atoms with Gasteiger partial charge in [-0.25, -0.2) is 0 Å². The average Bonchev–Trinajstić information content (AvgIpc) is 3.23. The van der Waals surface area contributed by atoms with Crippen molar-refractivity contribution < 1.29 is 4.74 Å². The van der Waals surface area contributed by atoms with Gasteiger partial charge in [0.15, 0.2) is 0 Å². The number of nitrogens with one attached hydrogen (secondary N) is 1. The Bertz CT molecular complexity index is 1130. The fourth-order valence-corrected chi connectivity index (χ4v) is 4.60. The van der Waals surface area contributed by atoms with Crippen LogP contribution in [0.2, 0.25) is 0 Å². The van der Waals surface area contributed by atoms with E-state index in [0.29, 0.717) is 5.92 Å². The second-order valence-electron chi connectivity index (χ2n) is 8.62. The molecule has 0 spiro atoms. The molecule has 1 saturated heterocycles. The van der Waals surface area contributed by atoms with Crippen molar-refractivity contribution in [3.63, 3.8) is 0 Å². The van der Waals surface area contributed by atoms with E-state index in [1.807, 2.05) is 36.4 Å². The number of hydrogen-bond acceptors (Lipinski definition) is 2. The van der Waals surface area contributed by atoms with Crippen LogP contribution in [-0.2, 0) is 13.0 Å². The molecule has 1 aromatic heterocycles. The summed E-state index contributed by atoms with van der Waals surface area (Å²) in [5.41, 5.74) is 5.20. The van der Waals surface area contributed by atoms with E-state index in [0.717, 1.165) is 37.6 Å². The Kier molecular flexibility index (Phi) is 6.36. The lowest BCUT2D eigenvalue weighted by Gasteiger charge is -2.25. The summed E-state index contributed by atoms with van der Waals surface area (Å²) in [5.74, 6) is 2.44. The third-order valence-electron chi connectivity index (χ3n) is 6.31. The van der Waals surface area contributed by atoms with Crippen LogP contribution < -0.4 is 10.1 Å².